The second-order valence-corrected chi connectivity index (χ2v) is 9.56. The lowest BCUT2D eigenvalue weighted by atomic mass is 9.97. The van der Waals surface area contributed by atoms with Gasteiger partial charge >= 0.3 is 5.97 Å². The third-order valence-corrected chi connectivity index (χ3v) is 7.00. The molecular weight excluding hydrogens is 480 g/mol. The molecule has 0 spiro atoms. The molecular formula is C31H36N2O5. The van der Waals surface area contributed by atoms with E-state index in [1.165, 1.54) is 7.11 Å². The van der Waals surface area contributed by atoms with E-state index in [1.54, 1.807) is 18.9 Å². The molecule has 1 atom stereocenters. The molecule has 1 saturated heterocycles. The van der Waals surface area contributed by atoms with Gasteiger partial charge in [-0.05, 0) is 48.2 Å². The van der Waals surface area contributed by atoms with Gasteiger partial charge in [-0.15, -0.1) is 0 Å². The molecule has 0 N–H and O–H groups in total. The number of methoxy groups -OCH3 is 2. The number of amides is 1. The van der Waals surface area contributed by atoms with Gasteiger partial charge in [-0.1, -0.05) is 54.6 Å². The molecule has 0 bridgehead atoms. The number of para-hydroxylation sites is 2. The van der Waals surface area contributed by atoms with E-state index in [1.807, 2.05) is 72.8 Å². The van der Waals surface area contributed by atoms with Gasteiger partial charge in [0, 0.05) is 39.0 Å². The van der Waals surface area contributed by atoms with E-state index in [9.17, 15) is 9.59 Å². The zero-order chi connectivity index (χ0) is 26.9. The predicted octanol–water partition coefficient (Wildman–Crippen LogP) is 5.08. The summed E-state index contributed by atoms with van der Waals surface area (Å²) in [5.74, 6) is 1.64. The zero-order valence-corrected chi connectivity index (χ0v) is 22.3. The number of nitrogens with zero attached hydrogens (tertiary/aromatic N) is 2. The maximum Gasteiger partial charge on any atom is 0.328 e. The van der Waals surface area contributed by atoms with Crippen molar-refractivity contribution in [3.63, 3.8) is 0 Å². The molecule has 1 aliphatic heterocycles. The van der Waals surface area contributed by atoms with Crippen molar-refractivity contribution in [1.82, 2.24) is 9.80 Å². The molecule has 0 aliphatic carbocycles. The number of hydrogen-bond acceptors (Lipinski definition) is 6. The van der Waals surface area contributed by atoms with E-state index in [0.717, 1.165) is 49.4 Å². The Bertz CT molecular complexity index is 1210. The summed E-state index contributed by atoms with van der Waals surface area (Å²) in [6.45, 7) is 3.97. The summed E-state index contributed by atoms with van der Waals surface area (Å²) >= 11 is 0. The Morgan fingerprint density at radius 3 is 2.21 bits per heavy atom. The third kappa shape index (κ3) is 6.92. The Morgan fingerprint density at radius 2 is 1.55 bits per heavy atom. The maximum absolute atomic E-state index is 12.8. The standard InChI is InChI=1S/C31H36N2O5/c1-23(34)33(28(31(35)37-3)21-24-10-5-4-6-11-24)26-16-18-32(19-17-26)22-25-12-9-13-27(20-25)38-30-15-8-7-14-29(30)36-2/h4-15,20,26,28H,16-19,21-22H2,1-3H3. The van der Waals surface area contributed by atoms with Crippen molar-refractivity contribution in [2.45, 2.75) is 44.8 Å². The molecule has 1 amide bonds. The van der Waals surface area contributed by atoms with Gasteiger partial charge in [0.05, 0.1) is 14.2 Å². The third-order valence-electron chi connectivity index (χ3n) is 7.00. The Morgan fingerprint density at radius 1 is 0.895 bits per heavy atom. The summed E-state index contributed by atoms with van der Waals surface area (Å²) in [6.07, 6.45) is 2.02. The van der Waals surface area contributed by atoms with Crippen LogP contribution in [0, 0.1) is 0 Å². The number of likely N-dealkylation sites (tertiary alicyclic amines) is 1. The molecule has 7 heteroatoms. The summed E-state index contributed by atoms with van der Waals surface area (Å²) < 4.78 is 16.6. The summed E-state index contributed by atoms with van der Waals surface area (Å²) in [4.78, 5) is 29.7. The maximum atomic E-state index is 12.8. The summed E-state index contributed by atoms with van der Waals surface area (Å²) in [6, 6.07) is 24.8. The van der Waals surface area contributed by atoms with E-state index >= 15 is 0 Å². The van der Waals surface area contributed by atoms with Crippen LogP contribution >= 0.6 is 0 Å². The number of rotatable bonds is 10. The van der Waals surface area contributed by atoms with Gasteiger partial charge in [-0.2, -0.15) is 0 Å². The van der Waals surface area contributed by atoms with E-state index < -0.39 is 6.04 Å². The normalized spacial score (nSPS) is 14.9. The molecule has 0 saturated carbocycles. The van der Waals surface area contributed by atoms with Crippen LogP contribution < -0.4 is 9.47 Å². The van der Waals surface area contributed by atoms with Crippen molar-refractivity contribution < 1.29 is 23.8 Å². The van der Waals surface area contributed by atoms with Crippen LogP contribution in [0.25, 0.3) is 0 Å². The van der Waals surface area contributed by atoms with Crippen LogP contribution in [0.15, 0.2) is 78.9 Å². The van der Waals surface area contributed by atoms with E-state index in [-0.39, 0.29) is 17.9 Å². The second kappa shape index (κ2) is 13.1. The highest BCUT2D eigenvalue weighted by atomic mass is 16.5. The zero-order valence-electron chi connectivity index (χ0n) is 22.3. The fourth-order valence-corrected chi connectivity index (χ4v) is 5.15. The van der Waals surface area contributed by atoms with Crippen molar-refractivity contribution in [3.8, 4) is 17.2 Å². The number of carbonyl (C=O) groups excluding carboxylic acids is 2. The highest BCUT2D eigenvalue weighted by Gasteiger charge is 2.36. The van der Waals surface area contributed by atoms with Crippen molar-refractivity contribution in [2.24, 2.45) is 0 Å². The molecule has 7 nitrogen and oxygen atoms in total. The van der Waals surface area contributed by atoms with Crippen molar-refractivity contribution in [1.29, 1.82) is 0 Å². The van der Waals surface area contributed by atoms with Gasteiger partial charge in [-0.25, -0.2) is 4.79 Å². The number of piperidine rings is 1. The molecule has 3 aromatic carbocycles. The van der Waals surface area contributed by atoms with Crippen LogP contribution in [-0.4, -0.2) is 61.1 Å². The first-order chi connectivity index (χ1) is 18.5. The van der Waals surface area contributed by atoms with Crippen LogP contribution in [0.2, 0.25) is 0 Å². The highest BCUT2D eigenvalue weighted by molar-refractivity contribution is 5.84. The second-order valence-electron chi connectivity index (χ2n) is 9.56. The molecule has 1 aliphatic rings. The monoisotopic (exact) mass is 516 g/mol. The minimum Gasteiger partial charge on any atom is -0.493 e. The van der Waals surface area contributed by atoms with Gasteiger partial charge in [0.25, 0.3) is 0 Å². The summed E-state index contributed by atoms with van der Waals surface area (Å²) in [5.41, 5.74) is 2.15. The fraction of sp³-hybridized carbons (Fsp3) is 0.355. The topological polar surface area (TPSA) is 68.3 Å². The van der Waals surface area contributed by atoms with Gasteiger partial charge in [0.1, 0.15) is 11.8 Å². The summed E-state index contributed by atoms with van der Waals surface area (Å²) in [7, 11) is 3.01. The molecule has 1 fully saturated rings. The van der Waals surface area contributed by atoms with E-state index in [4.69, 9.17) is 14.2 Å². The Labute approximate surface area is 224 Å². The number of esters is 1. The number of carbonyl (C=O) groups is 2. The Hall–Kier alpha value is -3.84. The van der Waals surface area contributed by atoms with Gasteiger partial charge < -0.3 is 19.1 Å². The average molecular weight is 517 g/mol. The van der Waals surface area contributed by atoms with Gasteiger partial charge in [0.2, 0.25) is 5.91 Å². The van der Waals surface area contributed by atoms with Crippen LogP contribution in [-0.2, 0) is 27.3 Å². The highest BCUT2D eigenvalue weighted by Crippen LogP contribution is 2.31. The van der Waals surface area contributed by atoms with Crippen LogP contribution in [0.1, 0.15) is 30.9 Å². The Kier molecular flexibility index (Phi) is 9.38. The molecule has 3 aromatic rings. The SMILES string of the molecule is COC(=O)C(Cc1ccccc1)N(C(C)=O)C1CCN(Cc2cccc(Oc3ccccc3OC)c2)CC1. The molecule has 4 rings (SSSR count). The van der Waals surface area contributed by atoms with Crippen molar-refractivity contribution in [2.75, 3.05) is 27.3 Å². The Balaban J connectivity index is 1.39. The van der Waals surface area contributed by atoms with E-state index in [0.29, 0.717) is 17.9 Å². The first kappa shape index (κ1) is 27.2. The first-order valence-electron chi connectivity index (χ1n) is 13.0. The first-order valence-corrected chi connectivity index (χ1v) is 13.0. The van der Waals surface area contributed by atoms with Crippen LogP contribution in [0.4, 0.5) is 0 Å². The number of benzene rings is 3. The largest absolute Gasteiger partial charge is 0.493 e. The fourth-order valence-electron chi connectivity index (χ4n) is 5.15. The predicted molar refractivity (Wildman–Crippen MR) is 146 cm³/mol. The van der Waals surface area contributed by atoms with Crippen LogP contribution in [0.5, 0.6) is 17.2 Å². The lowest BCUT2D eigenvalue weighted by molar-refractivity contribution is -0.155. The van der Waals surface area contributed by atoms with E-state index in [2.05, 4.69) is 11.0 Å². The number of ether oxygens (including phenoxy) is 3. The minimum atomic E-state index is -0.639. The van der Waals surface area contributed by atoms with Crippen molar-refractivity contribution >= 4 is 11.9 Å². The van der Waals surface area contributed by atoms with Crippen molar-refractivity contribution in [3.05, 3.63) is 90.0 Å². The molecule has 0 aromatic heterocycles. The summed E-state index contributed by atoms with van der Waals surface area (Å²) in [5, 5.41) is 0. The minimum absolute atomic E-state index is 0.0169. The van der Waals surface area contributed by atoms with Gasteiger partial charge in [0.15, 0.2) is 11.5 Å². The lowest BCUT2D eigenvalue weighted by Gasteiger charge is -2.41. The molecule has 1 heterocycles. The smallest absolute Gasteiger partial charge is 0.328 e. The number of hydrogen-bond donors (Lipinski definition) is 0. The molecule has 0 radical (unpaired) electrons. The van der Waals surface area contributed by atoms with Gasteiger partial charge in [-0.3, -0.25) is 9.69 Å². The molecule has 1 unspecified atom stereocenters. The quantitative estimate of drug-likeness (QED) is 0.350. The molecule has 200 valence electrons. The molecule has 38 heavy (non-hydrogen) atoms. The van der Waals surface area contributed by atoms with Crippen LogP contribution in [0.3, 0.4) is 0 Å². The lowest BCUT2D eigenvalue weighted by Crippen LogP contribution is -2.54. The average Bonchev–Trinajstić information content (AvgIpc) is 2.94.